The number of hydrogen-bond acceptors (Lipinski definition) is 8. The predicted octanol–water partition coefficient (Wildman–Crippen LogP) is -3.58. The Kier molecular flexibility index (Phi) is 13.3. The molecule has 0 aromatic rings. The van der Waals surface area contributed by atoms with Gasteiger partial charge in [-0.25, -0.2) is 4.79 Å². The minimum absolute atomic E-state index is 0.0865. The molecule has 0 fully saturated rings. The fraction of sp³-hybridized carbons (Fsp3) is 0.684. The van der Waals surface area contributed by atoms with Crippen molar-refractivity contribution in [1.29, 1.82) is 0 Å². The molecule has 5 unspecified atom stereocenters. The monoisotopic (exact) mass is 474 g/mol. The molecule has 0 saturated heterocycles. The summed E-state index contributed by atoms with van der Waals surface area (Å²) in [6.07, 6.45) is -0.348. The highest BCUT2D eigenvalue weighted by Crippen LogP contribution is 2.09. The lowest BCUT2D eigenvalue weighted by Gasteiger charge is -2.26. The van der Waals surface area contributed by atoms with E-state index in [0.717, 1.165) is 0 Å². The minimum Gasteiger partial charge on any atom is -0.480 e. The summed E-state index contributed by atoms with van der Waals surface area (Å²) in [6.45, 7) is 2.51. The van der Waals surface area contributed by atoms with E-state index < -0.39 is 72.2 Å². The third-order valence-corrected chi connectivity index (χ3v) is 4.94. The number of carbonyl (C=O) groups excluding carboxylic acids is 5. The maximum atomic E-state index is 12.7. The van der Waals surface area contributed by atoms with Crippen LogP contribution in [0.1, 0.15) is 46.0 Å². The lowest BCUT2D eigenvalue weighted by Crippen LogP contribution is -2.58. The van der Waals surface area contributed by atoms with Gasteiger partial charge < -0.3 is 43.4 Å². The van der Waals surface area contributed by atoms with Crippen molar-refractivity contribution in [2.45, 2.75) is 70.1 Å². The molecule has 0 rings (SSSR count). The van der Waals surface area contributed by atoms with Gasteiger partial charge in [0.25, 0.3) is 0 Å². The molecule has 0 radical (unpaired) electrons. The Labute approximate surface area is 191 Å². The summed E-state index contributed by atoms with van der Waals surface area (Å²) in [5.74, 6) is -5.83. The van der Waals surface area contributed by atoms with Gasteiger partial charge in [0.05, 0.1) is 12.6 Å². The van der Waals surface area contributed by atoms with Gasteiger partial charge in [-0.15, -0.1) is 0 Å². The van der Waals surface area contributed by atoms with E-state index in [-0.39, 0.29) is 25.7 Å². The number of rotatable bonds is 16. The summed E-state index contributed by atoms with van der Waals surface area (Å²) in [4.78, 5) is 70.8. The summed E-state index contributed by atoms with van der Waals surface area (Å²) in [7, 11) is 0. The van der Waals surface area contributed by atoms with Crippen molar-refractivity contribution < 1.29 is 39.0 Å². The molecular formula is C19H34N6O8. The van der Waals surface area contributed by atoms with Crippen molar-refractivity contribution in [2.75, 3.05) is 6.61 Å². The molecule has 0 heterocycles. The van der Waals surface area contributed by atoms with Gasteiger partial charge in [-0.05, 0) is 18.8 Å². The smallest absolute Gasteiger partial charge is 0.326 e. The van der Waals surface area contributed by atoms with Crippen LogP contribution in [-0.4, -0.2) is 76.5 Å². The zero-order chi connectivity index (χ0) is 25.7. The van der Waals surface area contributed by atoms with E-state index in [1.165, 1.54) is 0 Å². The first kappa shape index (κ1) is 29.7. The van der Waals surface area contributed by atoms with Gasteiger partial charge in [0.1, 0.15) is 18.1 Å². The van der Waals surface area contributed by atoms with E-state index >= 15 is 0 Å². The summed E-state index contributed by atoms with van der Waals surface area (Å²) in [6, 6.07) is -5.30. The number of carboxylic acid groups (broad SMARTS) is 1. The molecule has 0 saturated carbocycles. The fourth-order valence-corrected chi connectivity index (χ4v) is 2.67. The third-order valence-electron chi connectivity index (χ3n) is 4.94. The topological polar surface area (TPSA) is 257 Å². The van der Waals surface area contributed by atoms with E-state index in [1.807, 2.05) is 0 Å². The van der Waals surface area contributed by atoms with Crippen LogP contribution in [0.15, 0.2) is 0 Å². The Balaban J connectivity index is 5.35. The molecule has 33 heavy (non-hydrogen) atoms. The molecule has 0 aromatic heterocycles. The molecule has 0 aromatic carbocycles. The van der Waals surface area contributed by atoms with Crippen LogP contribution in [0.5, 0.6) is 0 Å². The van der Waals surface area contributed by atoms with E-state index in [4.69, 9.17) is 17.2 Å². The maximum absolute atomic E-state index is 12.7. The first-order valence-corrected chi connectivity index (χ1v) is 10.4. The molecular weight excluding hydrogens is 440 g/mol. The maximum Gasteiger partial charge on any atom is 0.326 e. The van der Waals surface area contributed by atoms with Crippen molar-refractivity contribution in [2.24, 2.45) is 23.1 Å². The van der Waals surface area contributed by atoms with Gasteiger partial charge in [0.15, 0.2) is 0 Å². The standard InChI is InChI=1S/C19H34N6O8/c1-3-9(2)15(19(32)33)25-17(30)11(5-7-14(22)28)23-18(31)12(8-26)24-16(29)10(20)4-6-13(21)27/h9-12,15,26H,3-8,20H2,1-2H3,(H2,21,27)(H2,22,28)(H,23,31)(H,24,29)(H,25,30)(H,32,33). The van der Waals surface area contributed by atoms with E-state index in [9.17, 15) is 39.0 Å². The Morgan fingerprint density at radius 3 is 1.76 bits per heavy atom. The van der Waals surface area contributed by atoms with Crippen molar-refractivity contribution >= 4 is 35.5 Å². The van der Waals surface area contributed by atoms with Crippen LogP contribution in [0.3, 0.4) is 0 Å². The normalized spacial score (nSPS) is 15.3. The highest BCUT2D eigenvalue weighted by Gasteiger charge is 2.31. The lowest BCUT2D eigenvalue weighted by molar-refractivity contribution is -0.144. The number of aliphatic carboxylic acids is 1. The van der Waals surface area contributed by atoms with Gasteiger partial charge >= 0.3 is 5.97 Å². The SMILES string of the molecule is CCC(C)C(NC(=O)C(CCC(N)=O)NC(=O)C(CO)NC(=O)C(N)CCC(N)=O)C(=O)O. The Bertz CT molecular complexity index is 731. The quantitative estimate of drug-likeness (QED) is 0.110. The highest BCUT2D eigenvalue weighted by atomic mass is 16.4. The van der Waals surface area contributed by atoms with Crippen molar-refractivity contribution in [3.05, 3.63) is 0 Å². The zero-order valence-electron chi connectivity index (χ0n) is 18.7. The largest absolute Gasteiger partial charge is 0.480 e. The lowest BCUT2D eigenvalue weighted by atomic mass is 9.98. The molecule has 5 amide bonds. The summed E-state index contributed by atoms with van der Waals surface area (Å²) < 4.78 is 0. The molecule has 5 atom stereocenters. The van der Waals surface area contributed by atoms with E-state index in [1.54, 1.807) is 13.8 Å². The van der Waals surface area contributed by atoms with Gasteiger partial charge in [0.2, 0.25) is 29.5 Å². The van der Waals surface area contributed by atoms with Crippen LogP contribution < -0.4 is 33.2 Å². The molecule has 14 heteroatoms. The average Bonchev–Trinajstić information content (AvgIpc) is 2.75. The summed E-state index contributed by atoms with van der Waals surface area (Å²) in [5, 5.41) is 25.6. The Morgan fingerprint density at radius 2 is 1.30 bits per heavy atom. The van der Waals surface area contributed by atoms with Crippen LogP contribution in [-0.2, 0) is 28.8 Å². The number of hydrogen-bond donors (Lipinski definition) is 8. The summed E-state index contributed by atoms with van der Waals surface area (Å²) >= 11 is 0. The highest BCUT2D eigenvalue weighted by molar-refractivity contribution is 5.94. The first-order valence-electron chi connectivity index (χ1n) is 10.4. The molecule has 0 aliphatic rings. The third kappa shape index (κ3) is 11.2. The van der Waals surface area contributed by atoms with Crippen molar-refractivity contribution in [1.82, 2.24) is 16.0 Å². The molecule has 0 bridgehead atoms. The predicted molar refractivity (Wildman–Crippen MR) is 115 cm³/mol. The molecule has 0 aliphatic carbocycles. The number of nitrogens with one attached hydrogen (secondary N) is 3. The van der Waals surface area contributed by atoms with Crippen LogP contribution in [0, 0.1) is 5.92 Å². The molecule has 0 aliphatic heterocycles. The van der Waals surface area contributed by atoms with Gasteiger partial charge in [-0.3, -0.25) is 24.0 Å². The molecule has 188 valence electrons. The molecule has 0 spiro atoms. The summed E-state index contributed by atoms with van der Waals surface area (Å²) in [5.41, 5.74) is 15.7. The Hall–Kier alpha value is -3.26. The van der Waals surface area contributed by atoms with Crippen LogP contribution in [0.2, 0.25) is 0 Å². The van der Waals surface area contributed by atoms with Crippen LogP contribution in [0.25, 0.3) is 0 Å². The number of primary amides is 2. The fourth-order valence-electron chi connectivity index (χ4n) is 2.67. The van der Waals surface area contributed by atoms with Gasteiger partial charge in [0, 0.05) is 12.8 Å². The number of aliphatic hydroxyl groups is 1. The van der Waals surface area contributed by atoms with Crippen molar-refractivity contribution in [3.63, 3.8) is 0 Å². The van der Waals surface area contributed by atoms with Gasteiger partial charge in [-0.2, -0.15) is 0 Å². The average molecular weight is 475 g/mol. The van der Waals surface area contributed by atoms with Crippen molar-refractivity contribution in [3.8, 4) is 0 Å². The number of nitrogens with two attached hydrogens (primary N) is 3. The number of aliphatic hydroxyl groups excluding tert-OH is 1. The second-order valence-corrected chi connectivity index (χ2v) is 7.63. The number of carbonyl (C=O) groups is 6. The molecule has 11 N–H and O–H groups in total. The van der Waals surface area contributed by atoms with Crippen LogP contribution >= 0.6 is 0 Å². The Morgan fingerprint density at radius 1 is 0.818 bits per heavy atom. The first-order chi connectivity index (χ1) is 15.3. The van der Waals surface area contributed by atoms with Crippen LogP contribution in [0.4, 0.5) is 0 Å². The molecule has 14 nitrogen and oxygen atoms in total. The number of amides is 5. The second-order valence-electron chi connectivity index (χ2n) is 7.63. The zero-order valence-corrected chi connectivity index (χ0v) is 18.7. The van der Waals surface area contributed by atoms with E-state index in [0.29, 0.717) is 6.42 Å². The minimum atomic E-state index is -1.51. The van der Waals surface area contributed by atoms with E-state index in [2.05, 4.69) is 16.0 Å². The number of carboxylic acids is 1. The second kappa shape index (κ2) is 14.7. The van der Waals surface area contributed by atoms with Gasteiger partial charge in [-0.1, -0.05) is 20.3 Å².